The standard InChI is InChI=1S/C15H20N6O2/c1-3-16-12-13(18-5-4-17-12)21-6-11-7-22-9-15(11,8-21)14-20-19-10(2)23-14/h4-5,11H,3,6-9H2,1-2H3,(H,16,17)/t11-,15-/m0/s1. The van der Waals surface area contributed by atoms with Gasteiger partial charge in [0, 0.05) is 44.9 Å². The van der Waals surface area contributed by atoms with E-state index in [9.17, 15) is 0 Å². The van der Waals surface area contributed by atoms with Crippen molar-refractivity contribution in [1.29, 1.82) is 0 Å². The van der Waals surface area contributed by atoms with E-state index in [0.717, 1.165) is 31.3 Å². The zero-order valence-corrected chi connectivity index (χ0v) is 13.3. The molecule has 0 unspecified atom stereocenters. The number of nitrogens with one attached hydrogen (secondary N) is 1. The summed E-state index contributed by atoms with van der Waals surface area (Å²) in [6.45, 7) is 7.57. The van der Waals surface area contributed by atoms with Crippen molar-refractivity contribution < 1.29 is 9.15 Å². The Labute approximate surface area is 134 Å². The summed E-state index contributed by atoms with van der Waals surface area (Å²) < 4.78 is 11.5. The first-order valence-electron chi connectivity index (χ1n) is 7.91. The summed E-state index contributed by atoms with van der Waals surface area (Å²) in [4.78, 5) is 11.2. The monoisotopic (exact) mass is 316 g/mol. The first-order chi connectivity index (χ1) is 11.2. The largest absolute Gasteiger partial charge is 0.425 e. The van der Waals surface area contributed by atoms with Crippen molar-refractivity contribution in [3.63, 3.8) is 0 Å². The van der Waals surface area contributed by atoms with E-state index < -0.39 is 0 Å². The normalized spacial score (nSPS) is 26.5. The van der Waals surface area contributed by atoms with Crippen LogP contribution in [0.2, 0.25) is 0 Å². The molecule has 0 spiro atoms. The molecular formula is C15H20N6O2. The van der Waals surface area contributed by atoms with Crippen LogP contribution in [0.5, 0.6) is 0 Å². The van der Waals surface area contributed by atoms with Crippen molar-refractivity contribution >= 4 is 11.6 Å². The zero-order chi connectivity index (χ0) is 15.9. The maximum Gasteiger partial charge on any atom is 0.227 e. The highest BCUT2D eigenvalue weighted by Crippen LogP contribution is 2.45. The molecule has 2 aromatic rings. The van der Waals surface area contributed by atoms with Crippen LogP contribution in [-0.2, 0) is 10.2 Å². The van der Waals surface area contributed by atoms with Crippen molar-refractivity contribution in [3.05, 3.63) is 24.2 Å². The van der Waals surface area contributed by atoms with Gasteiger partial charge in [-0.2, -0.15) is 0 Å². The Morgan fingerprint density at radius 3 is 3.00 bits per heavy atom. The molecule has 1 N–H and O–H groups in total. The fourth-order valence-electron chi connectivity index (χ4n) is 3.55. The lowest BCUT2D eigenvalue weighted by Crippen LogP contribution is -2.36. The van der Waals surface area contributed by atoms with Crippen LogP contribution in [0.25, 0.3) is 0 Å². The predicted octanol–water partition coefficient (Wildman–Crippen LogP) is 1.00. The molecule has 2 aliphatic rings. The van der Waals surface area contributed by atoms with E-state index >= 15 is 0 Å². The first-order valence-corrected chi connectivity index (χ1v) is 7.91. The minimum Gasteiger partial charge on any atom is -0.425 e. The van der Waals surface area contributed by atoms with Gasteiger partial charge >= 0.3 is 0 Å². The first kappa shape index (κ1) is 14.4. The number of nitrogens with zero attached hydrogens (tertiary/aromatic N) is 5. The molecule has 2 saturated heterocycles. The molecule has 8 heteroatoms. The lowest BCUT2D eigenvalue weighted by Gasteiger charge is -2.24. The van der Waals surface area contributed by atoms with Crippen molar-refractivity contribution in [2.75, 3.05) is 43.1 Å². The molecule has 2 fully saturated rings. The Balaban J connectivity index is 1.68. The van der Waals surface area contributed by atoms with E-state index in [4.69, 9.17) is 9.15 Å². The Morgan fingerprint density at radius 1 is 1.35 bits per heavy atom. The van der Waals surface area contributed by atoms with Crippen molar-refractivity contribution in [1.82, 2.24) is 20.2 Å². The quantitative estimate of drug-likeness (QED) is 0.894. The van der Waals surface area contributed by atoms with Gasteiger partial charge in [-0.3, -0.25) is 0 Å². The van der Waals surface area contributed by atoms with Gasteiger partial charge in [-0.1, -0.05) is 0 Å². The second kappa shape index (κ2) is 5.45. The number of hydrogen-bond acceptors (Lipinski definition) is 8. The van der Waals surface area contributed by atoms with Gasteiger partial charge < -0.3 is 19.4 Å². The van der Waals surface area contributed by atoms with E-state index in [1.54, 1.807) is 12.4 Å². The van der Waals surface area contributed by atoms with Crippen molar-refractivity contribution in [2.24, 2.45) is 5.92 Å². The van der Waals surface area contributed by atoms with Gasteiger partial charge in [0.1, 0.15) is 0 Å². The summed E-state index contributed by atoms with van der Waals surface area (Å²) in [5.74, 6) is 3.27. The minimum atomic E-state index is -0.248. The molecule has 4 rings (SSSR count). The lowest BCUT2D eigenvalue weighted by molar-refractivity contribution is 0.166. The maximum atomic E-state index is 5.75. The Hall–Kier alpha value is -2.22. The third kappa shape index (κ3) is 2.24. The average molecular weight is 316 g/mol. The Kier molecular flexibility index (Phi) is 3.41. The number of fused-ring (bicyclic) bond motifs is 1. The second-order valence-corrected chi connectivity index (χ2v) is 6.13. The Bertz CT molecular complexity index is 705. The van der Waals surface area contributed by atoms with Crippen LogP contribution in [0, 0.1) is 12.8 Å². The van der Waals surface area contributed by atoms with Crippen LogP contribution >= 0.6 is 0 Å². The molecule has 0 radical (unpaired) electrons. The van der Waals surface area contributed by atoms with Crippen molar-refractivity contribution in [2.45, 2.75) is 19.3 Å². The highest BCUT2D eigenvalue weighted by Gasteiger charge is 2.56. The van der Waals surface area contributed by atoms with Crippen LogP contribution in [0.1, 0.15) is 18.7 Å². The van der Waals surface area contributed by atoms with Gasteiger partial charge in [-0.25, -0.2) is 9.97 Å². The number of rotatable bonds is 4. The van der Waals surface area contributed by atoms with Crippen LogP contribution < -0.4 is 10.2 Å². The Morgan fingerprint density at radius 2 is 2.22 bits per heavy atom. The molecule has 122 valence electrons. The summed E-state index contributed by atoms with van der Waals surface area (Å²) in [7, 11) is 0. The predicted molar refractivity (Wildman–Crippen MR) is 83.4 cm³/mol. The third-order valence-electron chi connectivity index (χ3n) is 4.65. The molecular weight excluding hydrogens is 296 g/mol. The van der Waals surface area contributed by atoms with Gasteiger partial charge in [-0.05, 0) is 6.92 Å². The van der Waals surface area contributed by atoms with E-state index in [-0.39, 0.29) is 5.41 Å². The number of anilines is 2. The summed E-state index contributed by atoms with van der Waals surface area (Å²) in [6.07, 6.45) is 3.43. The molecule has 0 aliphatic carbocycles. The molecule has 23 heavy (non-hydrogen) atoms. The summed E-state index contributed by atoms with van der Waals surface area (Å²) in [5, 5.41) is 11.6. The molecule has 2 aliphatic heterocycles. The van der Waals surface area contributed by atoms with Crippen LogP contribution in [0.15, 0.2) is 16.8 Å². The van der Waals surface area contributed by atoms with Crippen LogP contribution in [-0.4, -0.2) is 53.0 Å². The van der Waals surface area contributed by atoms with Gasteiger partial charge in [-0.15, -0.1) is 10.2 Å². The third-order valence-corrected chi connectivity index (χ3v) is 4.65. The minimum absolute atomic E-state index is 0.248. The molecule has 0 bridgehead atoms. The van der Waals surface area contributed by atoms with Crippen LogP contribution in [0.4, 0.5) is 11.6 Å². The molecule has 4 heterocycles. The fraction of sp³-hybridized carbons (Fsp3) is 0.600. The SMILES string of the molecule is CCNc1nccnc1N1C[C@H]2COC[C@@]2(c2nnc(C)o2)C1. The number of aryl methyl sites for hydroxylation is 1. The van der Waals surface area contributed by atoms with Gasteiger partial charge in [0.25, 0.3) is 0 Å². The molecule has 0 aromatic carbocycles. The van der Waals surface area contributed by atoms with E-state index in [0.29, 0.717) is 30.9 Å². The number of aromatic nitrogens is 4. The summed E-state index contributed by atoms with van der Waals surface area (Å²) in [5.41, 5.74) is -0.248. The average Bonchev–Trinajstić information content (AvgIpc) is 3.21. The fourth-order valence-corrected chi connectivity index (χ4v) is 3.55. The molecule has 0 saturated carbocycles. The molecule has 2 aromatic heterocycles. The zero-order valence-electron chi connectivity index (χ0n) is 13.3. The molecule has 2 atom stereocenters. The van der Waals surface area contributed by atoms with Gasteiger partial charge in [0.2, 0.25) is 11.8 Å². The van der Waals surface area contributed by atoms with E-state index in [2.05, 4.69) is 30.4 Å². The number of hydrogen-bond donors (Lipinski definition) is 1. The highest BCUT2D eigenvalue weighted by molar-refractivity contribution is 5.61. The van der Waals surface area contributed by atoms with Crippen molar-refractivity contribution in [3.8, 4) is 0 Å². The summed E-state index contributed by atoms with van der Waals surface area (Å²) >= 11 is 0. The topological polar surface area (TPSA) is 89.2 Å². The second-order valence-electron chi connectivity index (χ2n) is 6.13. The van der Waals surface area contributed by atoms with Gasteiger partial charge in [0.15, 0.2) is 11.6 Å². The summed E-state index contributed by atoms with van der Waals surface area (Å²) in [6, 6.07) is 0. The number of ether oxygens (including phenoxy) is 1. The molecule has 0 amide bonds. The maximum absolute atomic E-state index is 5.75. The highest BCUT2D eigenvalue weighted by atomic mass is 16.5. The van der Waals surface area contributed by atoms with Gasteiger partial charge in [0.05, 0.1) is 18.6 Å². The lowest BCUT2D eigenvalue weighted by atomic mass is 9.81. The van der Waals surface area contributed by atoms with E-state index in [1.165, 1.54) is 0 Å². The molecule has 8 nitrogen and oxygen atoms in total. The van der Waals surface area contributed by atoms with Crippen LogP contribution in [0.3, 0.4) is 0 Å². The van der Waals surface area contributed by atoms with E-state index in [1.807, 2.05) is 13.8 Å². The smallest absolute Gasteiger partial charge is 0.227 e.